The first-order valence-corrected chi connectivity index (χ1v) is 9.76. The van der Waals surface area contributed by atoms with Crippen molar-refractivity contribution in [3.8, 4) is 11.1 Å². The Hall–Kier alpha value is -2.31. The van der Waals surface area contributed by atoms with Crippen molar-refractivity contribution in [1.82, 2.24) is 5.32 Å². The van der Waals surface area contributed by atoms with Crippen molar-refractivity contribution in [1.29, 1.82) is 0 Å². The standard InChI is InChI=1S/C20H24N2O3S/c1-25-20(24)18(10-11-26-2)22-19(23)16-9-8-14(13-21)12-17(16)15-6-4-3-5-7-15/h3-9,12,18H,10-11,13,21H2,1-2H3,(H,22,23)/t18-/m0/s1. The molecule has 0 heterocycles. The lowest BCUT2D eigenvalue weighted by molar-refractivity contribution is -0.142. The summed E-state index contributed by atoms with van der Waals surface area (Å²) in [6.07, 6.45) is 2.47. The Kier molecular flexibility index (Phi) is 7.69. The maximum absolute atomic E-state index is 12.9. The molecule has 0 bridgehead atoms. The van der Waals surface area contributed by atoms with Gasteiger partial charge >= 0.3 is 5.97 Å². The van der Waals surface area contributed by atoms with Gasteiger partial charge in [0.2, 0.25) is 0 Å². The smallest absolute Gasteiger partial charge is 0.328 e. The molecule has 0 aliphatic carbocycles. The normalized spacial score (nSPS) is 11.7. The average molecular weight is 372 g/mol. The molecular weight excluding hydrogens is 348 g/mol. The van der Waals surface area contributed by atoms with E-state index in [1.807, 2.05) is 48.7 Å². The maximum Gasteiger partial charge on any atom is 0.328 e. The van der Waals surface area contributed by atoms with Gasteiger partial charge in [-0.1, -0.05) is 36.4 Å². The highest BCUT2D eigenvalue weighted by Gasteiger charge is 2.23. The molecule has 0 aromatic heterocycles. The van der Waals surface area contributed by atoms with Crippen LogP contribution in [-0.2, 0) is 16.1 Å². The van der Waals surface area contributed by atoms with Crippen LogP contribution in [0.5, 0.6) is 0 Å². The maximum atomic E-state index is 12.9. The number of benzene rings is 2. The predicted octanol–water partition coefficient (Wildman–Crippen LogP) is 2.84. The molecule has 1 amide bonds. The lowest BCUT2D eigenvalue weighted by atomic mass is 9.96. The van der Waals surface area contributed by atoms with Gasteiger partial charge in [0.15, 0.2) is 0 Å². The second-order valence-corrected chi connectivity index (χ2v) is 6.77. The number of nitrogens with one attached hydrogen (secondary N) is 1. The minimum absolute atomic E-state index is 0.302. The highest BCUT2D eigenvalue weighted by atomic mass is 32.2. The Morgan fingerprint density at radius 1 is 1.19 bits per heavy atom. The van der Waals surface area contributed by atoms with E-state index < -0.39 is 12.0 Å². The fourth-order valence-electron chi connectivity index (χ4n) is 2.64. The molecule has 0 radical (unpaired) electrons. The summed E-state index contributed by atoms with van der Waals surface area (Å²) >= 11 is 1.61. The van der Waals surface area contributed by atoms with Crippen LogP contribution in [0, 0.1) is 0 Å². The van der Waals surface area contributed by atoms with Crippen molar-refractivity contribution in [3.63, 3.8) is 0 Å². The molecule has 1 atom stereocenters. The van der Waals surface area contributed by atoms with Gasteiger partial charge in [0.1, 0.15) is 6.04 Å². The molecule has 0 fully saturated rings. The first-order chi connectivity index (χ1) is 12.6. The summed E-state index contributed by atoms with van der Waals surface area (Å²) in [5.74, 6) is 0.00806. The van der Waals surface area contributed by atoms with Gasteiger partial charge in [-0.05, 0) is 47.3 Å². The fraction of sp³-hybridized carbons (Fsp3) is 0.300. The topological polar surface area (TPSA) is 81.4 Å². The molecule has 6 heteroatoms. The van der Waals surface area contributed by atoms with Gasteiger partial charge in [-0.25, -0.2) is 4.79 Å². The second-order valence-electron chi connectivity index (χ2n) is 5.78. The molecule has 0 aliphatic rings. The van der Waals surface area contributed by atoms with Crippen molar-refractivity contribution in [3.05, 3.63) is 59.7 Å². The summed E-state index contributed by atoms with van der Waals surface area (Å²) < 4.78 is 4.82. The van der Waals surface area contributed by atoms with E-state index in [1.165, 1.54) is 7.11 Å². The molecule has 0 aliphatic heterocycles. The van der Waals surface area contributed by atoms with Crippen LogP contribution >= 0.6 is 11.8 Å². The van der Waals surface area contributed by atoms with E-state index in [1.54, 1.807) is 17.8 Å². The molecule has 138 valence electrons. The van der Waals surface area contributed by atoms with Crippen molar-refractivity contribution in [2.45, 2.75) is 19.0 Å². The lowest BCUT2D eigenvalue weighted by Crippen LogP contribution is -2.42. The molecule has 2 aromatic carbocycles. The monoisotopic (exact) mass is 372 g/mol. The molecule has 0 unspecified atom stereocenters. The number of ether oxygens (including phenoxy) is 1. The van der Waals surface area contributed by atoms with Gasteiger partial charge in [-0.3, -0.25) is 4.79 Å². The second kappa shape index (κ2) is 9.99. The Morgan fingerprint density at radius 3 is 2.54 bits per heavy atom. The molecule has 0 saturated heterocycles. The number of rotatable bonds is 8. The molecule has 5 nitrogen and oxygen atoms in total. The van der Waals surface area contributed by atoms with Crippen LogP contribution in [-0.4, -0.2) is 37.0 Å². The summed E-state index contributed by atoms with van der Waals surface area (Å²) in [6, 6.07) is 14.5. The number of carbonyl (C=O) groups excluding carboxylic acids is 2. The van der Waals surface area contributed by atoms with E-state index in [4.69, 9.17) is 10.5 Å². The van der Waals surface area contributed by atoms with Crippen LogP contribution in [0.1, 0.15) is 22.3 Å². The van der Waals surface area contributed by atoms with Crippen molar-refractivity contribution in [2.24, 2.45) is 5.73 Å². The van der Waals surface area contributed by atoms with Gasteiger partial charge in [0, 0.05) is 12.1 Å². The fourth-order valence-corrected chi connectivity index (χ4v) is 3.11. The molecule has 0 saturated carbocycles. The average Bonchev–Trinajstić information content (AvgIpc) is 2.70. The van der Waals surface area contributed by atoms with Crippen LogP contribution in [0.15, 0.2) is 48.5 Å². The van der Waals surface area contributed by atoms with E-state index in [9.17, 15) is 9.59 Å². The highest BCUT2D eigenvalue weighted by Crippen LogP contribution is 2.25. The number of hydrogen-bond acceptors (Lipinski definition) is 5. The molecule has 26 heavy (non-hydrogen) atoms. The van der Waals surface area contributed by atoms with Gasteiger partial charge in [-0.2, -0.15) is 11.8 Å². The van der Waals surface area contributed by atoms with Gasteiger partial charge < -0.3 is 15.8 Å². The van der Waals surface area contributed by atoms with Crippen molar-refractivity contribution in [2.75, 3.05) is 19.1 Å². The zero-order valence-corrected chi connectivity index (χ0v) is 15.8. The first kappa shape index (κ1) is 20.0. The third-order valence-corrected chi connectivity index (χ3v) is 4.69. The van der Waals surface area contributed by atoms with Crippen LogP contribution in [0.2, 0.25) is 0 Å². The van der Waals surface area contributed by atoms with Gasteiger partial charge in [0.05, 0.1) is 7.11 Å². The largest absolute Gasteiger partial charge is 0.467 e. The van der Waals surface area contributed by atoms with Crippen molar-refractivity contribution < 1.29 is 14.3 Å². The number of esters is 1. The molecule has 3 N–H and O–H groups in total. The number of nitrogens with two attached hydrogens (primary N) is 1. The van der Waals surface area contributed by atoms with Crippen molar-refractivity contribution >= 4 is 23.6 Å². The molecular formula is C20H24N2O3S. The minimum atomic E-state index is -0.669. The predicted molar refractivity (Wildman–Crippen MR) is 106 cm³/mol. The summed E-state index contributed by atoms with van der Waals surface area (Å²) in [5.41, 5.74) is 8.91. The Bertz CT molecular complexity index is 750. The van der Waals surface area contributed by atoms with E-state index in [-0.39, 0.29) is 5.91 Å². The van der Waals surface area contributed by atoms with Crippen LogP contribution in [0.25, 0.3) is 11.1 Å². The van der Waals surface area contributed by atoms with Crippen LogP contribution < -0.4 is 11.1 Å². The quantitative estimate of drug-likeness (QED) is 0.697. The number of thioether (sulfide) groups is 1. The third kappa shape index (κ3) is 5.09. The van der Waals surface area contributed by atoms with E-state index >= 15 is 0 Å². The van der Waals surface area contributed by atoms with Crippen LogP contribution in [0.3, 0.4) is 0 Å². The van der Waals surface area contributed by atoms with E-state index in [2.05, 4.69) is 5.32 Å². The summed E-state index contributed by atoms with van der Waals surface area (Å²) in [6.45, 7) is 0.389. The molecule has 2 aromatic rings. The van der Waals surface area contributed by atoms with E-state index in [0.29, 0.717) is 18.5 Å². The van der Waals surface area contributed by atoms with E-state index in [0.717, 1.165) is 22.4 Å². The Balaban J connectivity index is 2.34. The van der Waals surface area contributed by atoms with Gasteiger partial charge in [-0.15, -0.1) is 0 Å². The summed E-state index contributed by atoms with van der Waals surface area (Å²) in [4.78, 5) is 24.9. The SMILES string of the molecule is COC(=O)[C@H](CCSC)NC(=O)c1ccc(CN)cc1-c1ccccc1. The Labute approximate surface area is 158 Å². The molecule has 2 rings (SSSR count). The van der Waals surface area contributed by atoms with Crippen LogP contribution in [0.4, 0.5) is 0 Å². The molecule has 0 spiro atoms. The third-order valence-electron chi connectivity index (χ3n) is 4.05. The summed E-state index contributed by atoms with van der Waals surface area (Å²) in [5, 5.41) is 2.81. The van der Waals surface area contributed by atoms with Gasteiger partial charge in [0.25, 0.3) is 5.91 Å². The zero-order valence-electron chi connectivity index (χ0n) is 15.0. The zero-order chi connectivity index (χ0) is 18.9. The summed E-state index contributed by atoms with van der Waals surface area (Å²) in [7, 11) is 1.33. The first-order valence-electron chi connectivity index (χ1n) is 8.36. The minimum Gasteiger partial charge on any atom is -0.467 e. The number of carbonyl (C=O) groups is 2. The highest BCUT2D eigenvalue weighted by molar-refractivity contribution is 7.98. The number of amides is 1. The lowest BCUT2D eigenvalue weighted by Gasteiger charge is -2.18. The Morgan fingerprint density at radius 2 is 1.92 bits per heavy atom. The number of methoxy groups -OCH3 is 1. The number of hydrogen-bond donors (Lipinski definition) is 2.